The SMILES string of the molecule is Cc1cc(C(=O)Nc2cc(F)cc(S(N)(=O)=O)c2)co1. The number of carbonyl (C=O) groups excluding carboxylic acids is 1. The first-order valence-corrected chi connectivity index (χ1v) is 7.00. The molecule has 0 unspecified atom stereocenters. The Bertz CT molecular complexity index is 768. The van der Waals surface area contributed by atoms with E-state index in [0.29, 0.717) is 5.76 Å². The van der Waals surface area contributed by atoms with Gasteiger partial charge in [-0.05, 0) is 31.2 Å². The molecule has 0 bridgehead atoms. The summed E-state index contributed by atoms with van der Waals surface area (Å²) in [5.74, 6) is -0.831. The van der Waals surface area contributed by atoms with E-state index in [0.717, 1.165) is 18.2 Å². The van der Waals surface area contributed by atoms with E-state index in [9.17, 15) is 17.6 Å². The van der Waals surface area contributed by atoms with Crippen LogP contribution in [0.4, 0.5) is 10.1 Å². The molecule has 20 heavy (non-hydrogen) atoms. The van der Waals surface area contributed by atoms with E-state index in [2.05, 4.69) is 5.32 Å². The molecule has 2 aromatic rings. The van der Waals surface area contributed by atoms with Crippen LogP contribution in [-0.2, 0) is 10.0 Å². The van der Waals surface area contributed by atoms with Crippen LogP contribution in [0.2, 0.25) is 0 Å². The fourth-order valence-electron chi connectivity index (χ4n) is 1.56. The molecule has 2 rings (SSSR count). The predicted molar refractivity (Wildman–Crippen MR) is 69.2 cm³/mol. The second-order valence-corrected chi connectivity index (χ2v) is 5.68. The van der Waals surface area contributed by atoms with Crippen molar-refractivity contribution in [2.75, 3.05) is 5.32 Å². The Morgan fingerprint density at radius 1 is 1.30 bits per heavy atom. The largest absolute Gasteiger partial charge is 0.469 e. The number of hydrogen-bond donors (Lipinski definition) is 2. The van der Waals surface area contributed by atoms with Gasteiger partial charge in [0.15, 0.2) is 0 Å². The van der Waals surface area contributed by atoms with E-state index in [-0.39, 0.29) is 11.3 Å². The molecule has 8 heteroatoms. The lowest BCUT2D eigenvalue weighted by Gasteiger charge is -2.06. The summed E-state index contributed by atoms with van der Waals surface area (Å²) in [6.45, 7) is 1.66. The highest BCUT2D eigenvalue weighted by atomic mass is 32.2. The average molecular weight is 298 g/mol. The fraction of sp³-hybridized carbons (Fsp3) is 0.0833. The summed E-state index contributed by atoms with van der Waals surface area (Å²) in [7, 11) is -4.05. The van der Waals surface area contributed by atoms with Crippen molar-refractivity contribution >= 4 is 21.6 Å². The summed E-state index contributed by atoms with van der Waals surface area (Å²) >= 11 is 0. The Kier molecular flexibility index (Phi) is 3.60. The molecule has 6 nitrogen and oxygen atoms in total. The van der Waals surface area contributed by atoms with Crippen molar-refractivity contribution in [1.29, 1.82) is 0 Å². The van der Waals surface area contributed by atoms with Crippen LogP contribution in [0, 0.1) is 12.7 Å². The number of carbonyl (C=O) groups is 1. The molecule has 0 saturated carbocycles. The smallest absolute Gasteiger partial charge is 0.258 e. The van der Waals surface area contributed by atoms with Crippen molar-refractivity contribution in [2.45, 2.75) is 11.8 Å². The summed E-state index contributed by atoms with van der Waals surface area (Å²) in [5.41, 5.74) is 0.224. The first-order chi connectivity index (χ1) is 9.25. The molecule has 0 aliphatic rings. The zero-order chi connectivity index (χ0) is 14.9. The van der Waals surface area contributed by atoms with Gasteiger partial charge < -0.3 is 9.73 Å². The maximum absolute atomic E-state index is 13.3. The molecule has 0 saturated heterocycles. The first kappa shape index (κ1) is 14.2. The Morgan fingerprint density at radius 2 is 2.00 bits per heavy atom. The van der Waals surface area contributed by atoms with Gasteiger partial charge in [0.2, 0.25) is 10.0 Å². The van der Waals surface area contributed by atoms with E-state index >= 15 is 0 Å². The number of sulfonamides is 1. The monoisotopic (exact) mass is 298 g/mol. The number of hydrogen-bond acceptors (Lipinski definition) is 4. The van der Waals surface area contributed by atoms with Crippen LogP contribution in [0.15, 0.2) is 39.8 Å². The minimum absolute atomic E-state index is 0.0159. The lowest BCUT2D eigenvalue weighted by atomic mass is 10.2. The summed E-state index contributed by atoms with van der Waals surface area (Å²) in [4.78, 5) is 11.4. The Balaban J connectivity index is 2.30. The minimum Gasteiger partial charge on any atom is -0.469 e. The number of rotatable bonds is 3. The standard InChI is InChI=1S/C12H11FN2O4S/c1-7-2-8(6-19-7)12(16)15-10-3-9(13)4-11(5-10)20(14,17)18/h2-6H,1H3,(H,15,16)(H2,14,17,18). The van der Waals surface area contributed by atoms with Crippen molar-refractivity contribution in [3.8, 4) is 0 Å². The third-order valence-electron chi connectivity index (χ3n) is 2.45. The van der Waals surface area contributed by atoms with Gasteiger partial charge >= 0.3 is 0 Å². The van der Waals surface area contributed by atoms with Gasteiger partial charge in [-0.15, -0.1) is 0 Å². The second kappa shape index (κ2) is 5.06. The molecule has 3 N–H and O–H groups in total. The quantitative estimate of drug-likeness (QED) is 0.898. The highest BCUT2D eigenvalue weighted by Crippen LogP contribution is 2.18. The number of halogens is 1. The number of furan rings is 1. The van der Waals surface area contributed by atoms with E-state index in [4.69, 9.17) is 9.56 Å². The Hall–Kier alpha value is -2.19. The lowest BCUT2D eigenvalue weighted by Crippen LogP contribution is -2.15. The maximum Gasteiger partial charge on any atom is 0.258 e. The number of nitrogens with one attached hydrogen (secondary N) is 1. The lowest BCUT2D eigenvalue weighted by molar-refractivity contribution is 0.102. The summed E-state index contributed by atoms with van der Waals surface area (Å²) in [6, 6.07) is 4.32. The summed E-state index contributed by atoms with van der Waals surface area (Å²) < 4.78 is 40.7. The number of aryl methyl sites for hydroxylation is 1. The molecular weight excluding hydrogens is 287 g/mol. The Labute approximate surface area is 114 Å². The van der Waals surface area contributed by atoms with E-state index in [1.165, 1.54) is 12.3 Å². The number of primary sulfonamides is 1. The molecule has 1 amide bonds. The van der Waals surface area contributed by atoms with Crippen LogP contribution in [0.5, 0.6) is 0 Å². The van der Waals surface area contributed by atoms with Crippen LogP contribution in [0.25, 0.3) is 0 Å². The Morgan fingerprint density at radius 3 is 2.55 bits per heavy atom. The van der Waals surface area contributed by atoms with Crippen LogP contribution in [0.3, 0.4) is 0 Å². The van der Waals surface area contributed by atoms with Crippen LogP contribution in [0.1, 0.15) is 16.1 Å². The third-order valence-corrected chi connectivity index (χ3v) is 3.34. The van der Waals surface area contributed by atoms with Crippen LogP contribution in [-0.4, -0.2) is 14.3 Å². The second-order valence-electron chi connectivity index (χ2n) is 4.12. The highest BCUT2D eigenvalue weighted by Gasteiger charge is 2.14. The van der Waals surface area contributed by atoms with Gasteiger partial charge in [0.25, 0.3) is 5.91 Å². The molecule has 0 aliphatic heterocycles. The number of nitrogens with two attached hydrogens (primary N) is 1. The molecule has 1 aromatic heterocycles. The van der Waals surface area contributed by atoms with E-state index in [1.54, 1.807) is 6.92 Å². The average Bonchev–Trinajstić information content (AvgIpc) is 2.74. The predicted octanol–water partition coefficient (Wildman–Crippen LogP) is 1.63. The highest BCUT2D eigenvalue weighted by molar-refractivity contribution is 7.89. The molecular formula is C12H11FN2O4S. The first-order valence-electron chi connectivity index (χ1n) is 5.45. The molecule has 106 valence electrons. The van der Waals surface area contributed by atoms with Gasteiger partial charge in [-0.1, -0.05) is 0 Å². The van der Waals surface area contributed by atoms with Gasteiger partial charge in [-0.3, -0.25) is 4.79 Å². The van der Waals surface area contributed by atoms with Crippen molar-refractivity contribution in [3.05, 3.63) is 47.7 Å². The van der Waals surface area contributed by atoms with Crippen LogP contribution >= 0.6 is 0 Å². The zero-order valence-corrected chi connectivity index (χ0v) is 11.2. The third kappa shape index (κ3) is 3.22. The summed E-state index contributed by atoms with van der Waals surface area (Å²) in [5, 5.41) is 7.28. The van der Waals surface area contributed by atoms with Gasteiger partial charge in [0.1, 0.15) is 17.8 Å². The van der Waals surface area contributed by atoms with Gasteiger partial charge in [-0.25, -0.2) is 17.9 Å². The van der Waals surface area contributed by atoms with Gasteiger partial charge in [0.05, 0.1) is 10.5 Å². The van der Waals surface area contributed by atoms with E-state index in [1.807, 2.05) is 0 Å². The molecule has 0 atom stereocenters. The maximum atomic E-state index is 13.3. The number of benzene rings is 1. The minimum atomic E-state index is -4.05. The topological polar surface area (TPSA) is 102 Å². The molecule has 0 spiro atoms. The van der Waals surface area contributed by atoms with Crippen molar-refractivity contribution in [2.24, 2.45) is 5.14 Å². The zero-order valence-electron chi connectivity index (χ0n) is 10.4. The number of anilines is 1. The van der Waals surface area contributed by atoms with E-state index < -0.39 is 26.6 Å². The molecule has 1 heterocycles. The number of amides is 1. The fourth-order valence-corrected chi connectivity index (χ4v) is 2.13. The summed E-state index contributed by atoms with van der Waals surface area (Å²) in [6.07, 6.45) is 1.24. The molecule has 0 fully saturated rings. The van der Waals surface area contributed by atoms with Crippen molar-refractivity contribution in [3.63, 3.8) is 0 Å². The molecule has 1 aromatic carbocycles. The van der Waals surface area contributed by atoms with Gasteiger partial charge in [0, 0.05) is 5.69 Å². The van der Waals surface area contributed by atoms with Crippen LogP contribution < -0.4 is 10.5 Å². The normalized spacial score (nSPS) is 11.3. The molecule has 0 radical (unpaired) electrons. The van der Waals surface area contributed by atoms with Gasteiger partial charge in [-0.2, -0.15) is 0 Å². The van der Waals surface area contributed by atoms with Crippen molar-refractivity contribution in [1.82, 2.24) is 0 Å². The van der Waals surface area contributed by atoms with Crippen molar-refractivity contribution < 1.29 is 22.0 Å². The molecule has 0 aliphatic carbocycles.